The number of rotatable bonds is 10. The molecule has 1 saturated heterocycles. The van der Waals surface area contributed by atoms with Gasteiger partial charge >= 0.3 is 12.1 Å². The van der Waals surface area contributed by atoms with E-state index in [4.69, 9.17) is 29.8 Å². The van der Waals surface area contributed by atoms with E-state index in [0.29, 0.717) is 43.0 Å². The molecule has 3 amide bonds. The Hall–Kier alpha value is -6.21. The van der Waals surface area contributed by atoms with E-state index in [1.54, 1.807) is 23.1 Å². The molecule has 2 atom stereocenters. The molecule has 0 aromatic heterocycles. The topological polar surface area (TPSA) is 153 Å². The summed E-state index contributed by atoms with van der Waals surface area (Å²) in [7, 11) is 0. The molecular weight excluding hydrogens is 714 g/mol. The number of benzene rings is 4. The minimum Gasteiger partial charge on any atom is -0.490 e. The van der Waals surface area contributed by atoms with Gasteiger partial charge in [-0.05, 0) is 80.1 Å². The van der Waals surface area contributed by atoms with E-state index in [1.807, 2.05) is 98.5 Å². The number of amides is 3. The van der Waals surface area contributed by atoms with Crippen LogP contribution in [0.25, 0.3) is 0 Å². The molecule has 0 unspecified atom stereocenters. The molecule has 0 radical (unpaired) electrons. The first kappa shape index (κ1) is 38.1. The number of likely N-dealkylation sites (tertiary alicyclic amines) is 1. The number of imide groups is 1. The molecule has 0 spiro atoms. The molecule has 4 aromatic carbocycles. The van der Waals surface area contributed by atoms with Gasteiger partial charge < -0.3 is 29.7 Å². The van der Waals surface area contributed by atoms with Gasteiger partial charge in [-0.1, -0.05) is 78.9 Å². The summed E-state index contributed by atoms with van der Waals surface area (Å²) in [6.45, 7) is 7.20. The molecule has 2 N–H and O–H groups in total. The van der Waals surface area contributed by atoms with Crippen molar-refractivity contribution in [1.82, 2.24) is 14.9 Å². The third-order valence-electron chi connectivity index (χ3n) is 9.68. The number of hydrogen-bond donors (Lipinski definition) is 1. The Morgan fingerprint density at radius 2 is 1.43 bits per heavy atom. The van der Waals surface area contributed by atoms with Crippen molar-refractivity contribution < 1.29 is 38.2 Å². The SMILES string of the molecule is CC(C)(C)OC(=O)N1CCC[C@@H](N=C(N)N2Cc3ccc(OC[C@H](ON4C(=O)c5ccccc5C4=O)C(=O)OC(c4ccccc4)c4ccccc4)cc3C2)C1. The van der Waals surface area contributed by atoms with Crippen molar-refractivity contribution in [3.8, 4) is 5.75 Å². The quantitative estimate of drug-likeness (QED) is 0.0879. The van der Waals surface area contributed by atoms with Crippen LogP contribution in [0.4, 0.5) is 4.79 Å². The second kappa shape index (κ2) is 16.3. The maximum Gasteiger partial charge on any atom is 0.410 e. The van der Waals surface area contributed by atoms with Crippen molar-refractivity contribution in [3.63, 3.8) is 0 Å². The van der Waals surface area contributed by atoms with Crippen LogP contribution in [0.2, 0.25) is 0 Å². The van der Waals surface area contributed by atoms with Gasteiger partial charge in [0.1, 0.15) is 18.0 Å². The summed E-state index contributed by atoms with van der Waals surface area (Å²) in [6.07, 6.45) is -1.05. The number of guanidine groups is 1. The van der Waals surface area contributed by atoms with E-state index < -0.39 is 35.6 Å². The maximum atomic E-state index is 14.0. The zero-order chi connectivity index (χ0) is 39.4. The molecule has 13 heteroatoms. The molecule has 3 aliphatic heterocycles. The average molecular weight is 760 g/mol. The van der Waals surface area contributed by atoms with Gasteiger partial charge in [0.25, 0.3) is 11.8 Å². The Labute approximate surface area is 325 Å². The summed E-state index contributed by atoms with van der Waals surface area (Å²) < 4.78 is 17.8. The van der Waals surface area contributed by atoms with Gasteiger partial charge in [-0.25, -0.2) is 19.4 Å². The van der Waals surface area contributed by atoms with Crippen LogP contribution in [0.5, 0.6) is 5.75 Å². The summed E-state index contributed by atoms with van der Waals surface area (Å²) in [5.74, 6) is -1.39. The van der Waals surface area contributed by atoms with Crippen LogP contribution < -0.4 is 10.5 Å². The Morgan fingerprint density at radius 3 is 2.05 bits per heavy atom. The summed E-state index contributed by atoms with van der Waals surface area (Å²) in [5, 5.41) is 0.599. The fourth-order valence-electron chi connectivity index (χ4n) is 6.92. The second-order valence-electron chi connectivity index (χ2n) is 15.0. The highest BCUT2D eigenvalue weighted by Gasteiger charge is 2.41. The van der Waals surface area contributed by atoms with E-state index in [1.165, 1.54) is 12.1 Å². The predicted molar refractivity (Wildman–Crippen MR) is 206 cm³/mol. The zero-order valence-electron chi connectivity index (χ0n) is 31.6. The third kappa shape index (κ3) is 8.68. The average Bonchev–Trinajstić information content (AvgIpc) is 3.73. The number of fused-ring (bicyclic) bond motifs is 2. The van der Waals surface area contributed by atoms with Crippen molar-refractivity contribution in [3.05, 3.63) is 137 Å². The maximum absolute atomic E-state index is 14.0. The highest BCUT2D eigenvalue weighted by atomic mass is 16.7. The third-order valence-corrected chi connectivity index (χ3v) is 9.68. The lowest BCUT2D eigenvalue weighted by molar-refractivity contribution is -0.187. The molecule has 1 fully saturated rings. The molecular formula is C43H45N5O8. The lowest BCUT2D eigenvalue weighted by atomic mass is 10.0. The zero-order valence-corrected chi connectivity index (χ0v) is 31.6. The normalized spacial score (nSPS) is 17.5. The van der Waals surface area contributed by atoms with Gasteiger partial charge in [0.2, 0.25) is 6.10 Å². The fraction of sp³-hybridized carbons (Fsp3) is 0.326. The standard InChI is InChI=1S/C43H45N5O8/c1-43(2,3)55-42(52)46-22-12-17-32(26-46)45-41(44)47-24-30-20-21-33(23-31(30)25-47)53-27-36(56-48-38(49)34-18-10-11-19-35(34)39(48)50)40(51)54-37(28-13-6-4-7-14-28)29-15-8-5-9-16-29/h4-11,13-16,18-21,23,32,36-37H,12,17,22,24-27H2,1-3H3,(H2,44,45)/t32-,36+/m1/s1. The number of carbonyl (C=O) groups excluding carboxylic acids is 4. The van der Waals surface area contributed by atoms with Crippen molar-refractivity contribution in [2.45, 2.75) is 70.6 Å². The molecule has 0 aliphatic carbocycles. The summed E-state index contributed by atoms with van der Waals surface area (Å²) in [4.78, 5) is 67.6. The van der Waals surface area contributed by atoms with Crippen LogP contribution in [0.15, 0.2) is 108 Å². The molecule has 56 heavy (non-hydrogen) atoms. The molecule has 0 saturated carbocycles. The largest absolute Gasteiger partial charge is 0.490 e. The van der Waals surface area contributed by atoms with Gasteiger partial charge in [0.05, 0.1) is 17.2 Å². The Morgan fingerprint density at radius 1 is 0.821 bits per heavy atom. The number of piperidine rings is 1. The van der Waals surface area contributed by atoms with Crippen LogP contribution in [0.3, 0.4) is 0 Å². The van der Waals surface area contributed by atoms with Crippen LogP contribution in [-0.4, -0.2) is 82.1 Å². The number of hydroxylamine groups is 2. The predicted octanol–water partition coefficient (Wildman–Crippen LogP) is 6.02. The molecule has 4 aromatic rings. The summed E-state index contributed by atoms with van der Waals surface area (Å²) in [5.41, 5.74) is 9.71. The molecule has 13 nitrogen and oxygen atoms in total. The van der Waals surface area contributed by atoms with E-state index in [-0.39, 0.29) is 29.9 Å². The Kier molecular flexibility index (Phi) is 11.1. The van der Waals surface area contributed by atoms with Crippen molar-refractivity contribution >= 4 is 29.8 Å². The highest BCUT2D eigenvalue weighted by molar-refractivity contribution is 6.20. The number of esters is 1. The van der Waals surface area contributed by atoms with E-state index in [2.05, 4.69) is 0 Å². The lowest BCUT2D eigenvalue weighted by Crippen LogP contribution is -2.45. The molecule has 3 aliphatic rings. The van der Waals surface area contributed by atoms with Gasteiger partial charge in [0, 0.05) is 26.2 Å². The number of hydrogen-bond acceptors (Lipinski definition) is 9. The van der Waals surface area contributed by atoms with E-state index in [0.717, 1.165) is 35.1 Å². The van der Waals surface area contributed by atoms with Gasteiger partial charge in [-0.2, -0.15) is 0 Å². The second-order valence-corrected chi connectivity index (χ2v) is 15.0. The molecule has 290 valence electrons. The van der Waals surface area contributed by atoms with Crippen LogP contribution in [0.1, 0.15) is 82.7 Å². The minimum atomic E-state index is -1.50. The number of carbonyl (C=O) groups is 4. The monoisotopic (exact) mass is 759 g/mol. The first-order chi connectivity index (χ1) is 26.9. The highest BCUT2D eigenvalue weighted by Crippen LogP contribution is 2.30. The van der Waals surface area contributed by atoms with Crippen molar-refractivity contribution in [2.75, 3.05) is 19.7 Å². The first-order valence-corrected chi connectivity index (χ1v) is 18.7. The van der Waals surface area contributed by atoms with Gasteiger partial charge in [-0.15, -0.1) is 5.06 Å². The number of nitrogens with zero attached hydrogens (tertiary/aromatic N) is 4. The first-order valence-electron chi connectivity index (χ1n) is 18.7. The van der Waals surface area contributed by atoms with Gasteiger partial charge in [0.15, 0.2) is 12.1 Å². The van der Waals surface area contributed by atoms with Crippen molar-refractivity contribution in [1.29, 1.82) is 0 Å². The van der Waals surface area contributed by atoms with Gasteiger partial charge in [-0.3, -0.25) is 9.59 Å². The molecule has 7 rings (SSSR count). The minimum absolute atomic E-state index is 0.152. The Balaban J connectivity index is 1.05. The fourth-order valence-corrected chi connectivity index (χ4v) is 6.92. The summed E-state index contributed by atoms with van der Waals surface area (Å²) in [6, 6.07) is 30.3. The Bertz CT molecular complexity index is 2050. The van der Waals surface area contributed by atoms with E-state index >= 15 is 0 Å². The lowest BCUT2D eigenvalue weighted by Gasteiger charge is -2.33. The van der Waals surface area contributed by atoms with E-state index in [9.17, 15) is 19.2 Å². The van der Waals surface area contributed by atoms with Crippen LogP contribution >= 0.6 is 0 Å². The molecule has 3 heterocycles. The van der Waals surface area contributed by atoms with Crippen molar-refractivity contribution in [2.24, 2.45) is 10.7 Å². The molecule has 0 bridgehead atoms. The number of nitrogens with two attached hydrogens (primary N) is 1. The number of ether oxygens (including phenoxy) is 3. The smallest absolute Gasteiger partial charge is 0.410 e. The van der Waals surface area contributed by atoms with Crippen LogP contribution in [-0.2, 0) is 32.2 Å². The number of aliphatic imine (C=N–C) groups is 1. The summed E-state index contributed by atoms with van der Waals surface area (Å²) >= 11 is 0. The van der Waals surface area contributed by atoms with Crippen LogP contribution in [0, 0.1) is 0 Å².